The van der Waals surface area contributed by atoms with Gasteiger partial charge in [0, 0.05) is 23.6 Å². The molecule has 0 saturated carbocycles. The van der Waals surface area contributed by atoms with Crippen molar-refractivity contribution < 1.29 is 27.8 Å². The number of piperidine rings is 1. The smallest absolute Gasteiger partial charge is 0.410 e. The fourth-order valence-electron chi connectivity index (χ4n) is 4.04. The predicted octanol–water partition coefficient (Wildman–Crippen LogP) is 4.65. The third-order valence-electron chi connectivity index (χ3n) is 5.07. The number of ketones is 1. The number of hydrogen-bond acceptors (Lipinski definition) is 4. The van der Waals surface area contributed by atoms with E-state index in [0.717, 1.165) is 12.8 Å². The van der Waals surface area contributed by atoms with Crippen LogP contribution in [-0.4, -0.2) is 41.1 Å². The maximum atomic E-state index is 12.8. The van der Waals surface area contributed by atoms with Gasteiger partial charge in [0.15, 0.2) is 5.78 Å². The van der Waals surface area contributed by atoms with Crippen molar-refractivity contribution >= 4 is 11.9 Å². The Morgan fingerprint density at radius 2 is 1.63 bits per heavy atom. The highest BCUT2D eigenvalue weighted by Crippen LogP contribution is 2.40. The van der Waals surface area contributed by atoms with Gasteiger partial charge in [0.25, 0.3) is 0 Å². The van der Waals surface area contributed by atoms with Crippen molar-refractivity contribution in [3.05, 3.63) is 29.8 Å². The summed E-state index contributed by atoms with van der Waals surface area (Å²) in [6.07, 6.45) is 2.63. The van der Waals surface area contributed by atoms with Crippen molar-refractivity contribution in [2.45, 2.75) is 70.8 Å². The van der Waals surface area contributed by atoms with Crippen molar-refractivity contribution in [1.29, 1.82) is 0 Å². The number of carbonyl (C=O) groups is 2. The molecule has 2 bridgehead atoms. The summed E-state index contributed by atoms with van der Waals surface area (Å²) in [5.41, 5.74) is -0.0719. The number of rotatable bonds is 4. The number of ether oxygens (including phenoxy) is 2. The Morgan fingerprint density at radius 3 is 2.11 bits per heavy atom. The highest BCUT2D eigenvalue weighted by Gasteiger charge is 2.46. The van der Waals surface area contributed by atoms with Crippen LogP contribution in [0.5, 0.6) is 5.75 Å². The van der Waals surface area contributed by atoms with E-state index in [0.29, 0.717) is 18.4 Å². The van der Waals surface area contributed by atoms with E-state index in [2.05, 4.69) is 4.74 Å². The monoisotopic (exact) mass is 381 g/mol. The van der Waals surface area contributed by atoms with E-state index in [4.69, 9.17) is 4.74 Å². The van der Waals surface area contributed by atoms with E-state index in [1.165, 1.54) is 24.3 Å². The third kappa shape index (κ3) is 4.57. The lowest BCUT2D eigenvalue weighted by Gasteiger charge is -2.39. The highest BCUT2D eigenvalue weighted by molar-refractivity contribution is 5.98. The molecule has 2 aliphatic heterocycles. The molecule has 0 N–H and O–H groups in total. The van der Waals surface area contributed by atoms with Gasteiger partial charge in [-0.25, -0.2) is 4.79 Å². The number of hydrogen-bond donors (Lipinski definition) is 0. The zero-order chi connectivity index (χ0) is 19.8. The quantitative estimate of drug-likeness (QED) is 0.713. The first-order valence-electron chi connectivity index (χ1n) is 9.24. The van der Waals surface area contributed by atoms with Crippen LogP contribution in [0.2, 0.25) is 0 Å². The number of alkyl halides is 2. The van der Waals surface area contributed by atoms with Crippen LogP contribution in [0.25, 0.3) is 0 Å². The van der Waals surface area contributed by atoms with Gasteiger partial charge in [-0.1, -0.05) is 0 Å². The maximum absolute atomic E-state index is 12.8. The summed E-state index contributed by atoms with van der Waals surface area (Å²) >= 11 is 0. The van der Waals surface area contributed by atoms with Crippen molar-refractivity contribution in [2.24, 2.45) is 5.92 Å². The van der Waals surface area contributed by atoms with Crippen LogP contribution < -0.4 is 4.74 Å². The molecule has 2 aliphatic rings. The van der Waals surface area contributed by atoms with Gasteiger partial charge in [-0.3, -0.25) is 4.79 Å². The van der Waals surface area contributed by atoms with Gasteiger partial charge in [-0.05, 0) is 70.7 Å². The van der Waals surface area contributed by atoms with E-state index in [9.17, 15) is 18.4 Å². The first-order chi connectivity index (χ1) is 12.6. The second-order valence-electron chi connectivity index (χ2n) is 8.21. The van der Waals surface area contributed by atoms with Gasteiger partial charge in [0.05, 0.1) is 0 Å². The summed E-state index contributed by atoms with van der Waals surface area (Å²) in [6, 6.07) is 5.81. The lowest BCUT2D eigenvalue weighted by atomic mass is 9.85. The summed E-state index contributed by atoms with van der Waals surface area (Å²) in [6.45, 7) is 2.62. The third-order valence-corrected chi connectivity index (χ3v) is 5.07. The maximum Gasteiger partial charge on any atom is 0.410 e. The summed E-state index contributed by atoms with van der Waals surface area (Å²) in [5, 5.41) is 0. The predicted molar refractivity (Wildman–Crippen MR) is 95.0 cm³/mol. The molecule has 2 saturated heterocycles. The Hall–Kier alpha value is -2.18. The topological polar surface area (TPSA) is 55.8 Å². The van der Waals surface area contributed by atoms with Crippen LogP contribution in [0.15, 0.2) is 24.3 Å². The Kier molecular flexibility index (Phi) is 5.40. The Balaban J connectivity index is 1.65. The van der Waals surface area contributed by atoms with Crippen LogP contribution in [0, 0.1) is 5.92 Å². The molecule has 2 unspecified atom stereocenters. The van der Waals surface area contributed by atoms with Crippen LogP contribution in [0.1, 0.15) is 56.8 Å². The fourth-order valence-corrected chi connectivity index (χ4v) is 4.04. The van der Waals surface area contributed by atoms with Gasteiger partial charge in [-0.2, -0.15) is 8.78 Å². The first-order valence-corrected chi connectivity index (χ1v) is 9.24. The second kappa shape index (κ2) is 7.44. The largest absolute Gasteiger partial charge is 0.444 e. The zero-order valence-electron chi connectivity index (χ0n) is 15.8. The van der Waals surface area contributed by atoms with E-state index in [1.54, 1.807) is 4.90 Å². The summed E-state index contributed by atoms with van der Waals surface area (Å²) < 4.78 is 34.3. The van der Waals surface area contributed by atoms with Gasteiger partial charge < -0.3 is 14.4 Å². The molecular formula is C20H25F2NO4. The number of carbonyl (C=O) groups excluding carboxylic acids is 2. The number of Topliss-reactive ketones (excluding diaryl/α,β-unsaturated/α-hetero) is 1. The molecule has 0 aromatic heterocycles. The molecule has 3 rings (SSSR count). The van der Waals surface area contributed by atoms with Crippen molar-refractivity contribution in [1.82, 2.24) is 4.90 Å². The first kappa shape index (κ1) is 19.6. The zero-order valence-corrected chi connectivity index (χ0v) is 15.8. The minimum absolute atomic E-state index is 0.00832. The minimum Gasteiger partial charge on any atom is -0.444 e. The van der Waals surface area contributed by atoms with E-state index >= 15 is 0 Å². The molecule has 1 aromatic carbocycles. The number of fused-ring (bicyclic) bond motifs is 2. The molecule has 1 aromatic rings. The van der Waals surface area contributed by atoms with Gasteiger partial charge in [0.1, 0.15) is 11.4 Å². The highest BCUT2D eigenvalue weighted by atomic mass is 19.3. The standard InChI is InChI=1S/C20H25F2NO4/c1-20(2,3)27-19(25)23-14-6-7-15(23)11-13(10-14)17(24)12-4-8-16(9-5-12)26-18(21)22/h4-5,8-9,13-15,18H,6-7,10-11H2,1-3H3. The summed E-state index contributed by atoms with van der Waals surface area (Å²) in [4.78, 5) is 27.1. The second-order valence-corrected chi connectivity index (χ2v) is 8.21. The average Bonchev–Trinajstić information content (AvgIpc) is 2.83. The number of amides is 1. The molecular weight excluding hydrogens is 356 g/mol. The summed E-state index contributed by atoms with van der Waals surface area (Å²) in [5.74, 6) is -0.163. The SMILES string of the molecule is CC(C)(C)OC(=O)N1C2CCC1CC(C(=O)c1ccc(OC(F)F)cc1)C2. The lowest BCUT2D eigenvalue weighted by Crippen LogP contribution is -2.49. The number of benzene rings is 1. The normalized spacial score (nSPS) is 24.8. The van der Waals surface area contributed by atoms with E-state index in [1.807, 2.05) is 20.8 Å². The lowest BCUT2D eigenvalue weighted by molar-refractivity contribution is -0.0498. The van der Waals surface area contributed by atoms with Crippen LogP contribution in [-0.2, 0) is 4.74 Å². The van der Waals surface area contributed by atoms with Crippen molar-refractivity contribution in [2.75, 3.05) is 0 Å². The van der Waals surface area contributed by atoms with Crippen LogP contribution >= 0.6 is 0 Å². The van der Waals surface area contributed by atoms with Gasteiger partial charge in [-0.15, -0.1) is 0 Å². The van der Waals surface area contributed by atoms with E-state index in [-0.39, 0.29) is 35.6 Å². The molecule has 2 fully saturated rings. The Morgan fingerprint density at radius 1 is 1.07 bits per heavy atom. The van der Waals surface area contributed by atoms with Crippen LogP contribution in [0.4, 0.5) is 13.6 Å². The Labute approximate surface area is 157 Å². The molecule has 1 amide bonds. The van der Waals surface area contributed by atoms with Crippen molar-refractivity contribution in [3.63, 3.8) is 0 Å². The molecule has 0 radical (unpaired) electrons. The van der Waals surface area contributed by atoms with Gasteiger partial charge in [0.2, 0.25) is 0 Å². The Bertz CT molecular complexity index is 685. The molecule has 0 aliphatic carbocycles. The molecule has 148 valence electrons. The minimum atomic E-state index is -2.89. The summed E-state index contributed by atoms with van der Waals surface area (Å²) in [7, 11) is 0. The number of nitrogens with zero attached hydrogens (tertiary/aromatic N) is 1. The van der Waals surface area contributed by atoms with Gasteiger partial charge >= 0.3 is 12.7 Å². The number of halogens is 2. The van der Waals surface area contributed by atoms with E-state index < -0.39 is 12.2 Å². The fraction of sp³-hybridized carbons (Fsp3) is 0.600. The van der Waals surface area contributed by atoms with Crippen molar-refractivity contribution in [3.8, 4) is 5.75 Å². The average molecular weight is 381 g/mol. The molecule has 2 heterocycles. The molecule has 5 nitrogen and oxygen atoms in total. The molecule has 7 heteroatoms. The van der Waals surface area contributed by atoms with Crippen LogP contribution in [0.3, 0.4) is 0 Å². The molecule has 2 atom stereocenters. The molecule has 27 heavy (non-hydrogen) atoms. The molecule has 0 spiro atoms.